The van der Waals surface area contributed by atoms with Gasteiger partial charge in [-0.3, -0.25) is 14.9 Å². The summed E-state index contributed by atoms with van der Waals surface area (Å²) < 4.78 is 0. The first-order valence-corrected chi connectivity index (χ1v) is 7.23. The van der Waals surface area contributed by atoms with Crippen LogP contribution in [0.3, 0.4) is 0 Å². The molecular formula is C15H19N5O. The summed E-state index contributed by atoms with van der Waals surface area (Å²) in [6.45, 7) is 5.15. The summed E-state index contributed by atoms with van der Waals surface area (Å²) in [5.41, 5.74) is 3.52. The Bertz CT molecular complexity index is 651. The number of hydrogen-bond donors (Lipinski definition) is 1. The SMILES string of the molecule is CC(=O)N1CCC[C@@H](c2cncc(-c3cc(C)[nH]n3)n2)C1. The maximum absolute atomic E-state index is 11.5. The molecular weight excluding hydrogens is 266 g/mol. The lowest BCUT2D eigenvalue weighted by atomic mass is 9.95. The third-order valence-corrected chi connectivity index (χ3v) is 3.91. The van der Waals surface area contributed by atoms with Gasteiger partial charge in [-0.25, -0.2) is 4.98 Å². The van der Waals surface area contributed by atoms with Crippen LogP contribution in [0.2, 0.25) is 0 Å². The molecule has 1 atom stereocenters. The number of nitrogens with one attached hydrogen (secondary N) is 1. The molecule has 3 heterocycles. The normalized spacial score (nSPS) is 18.8. The number of carbonyl (C=O) groups excluding carboxylic acids is 1. The molecule has 1 amide bonds. The molecule has 1 fully saturated rings. The van der Waals surface area contributed by atoms with E-state index in [1.807, 2.05) is 17.9 Å². The van der Waals surface area contributed by atoms with Crippen LogP contribution < -0.4 is 0 Å². The van der Waals surface area contributed by atoms with Crippen molar-refractivity contribution < 1.29 is 4.79 Å². The number of H-pyrrole nitrogens is 1. The summed E-state index contributed by atoms with van der Waals surface area (Å²) in [7, 11) is 0. The third kappa shape index (κ3) is 2.94. The van der Waals surface area contributed by atoms with E-state index in [9.17, 15) is 4.79 Å². The molecule has 0 saturated carbocycles. The molecule has 1 N–H and O–H groups in total. The van der Waals surface area contributed by atoms with E-state index in [1.54, 1.807) is 19.3 Å². The van der Waals surface area contributed by atoms with Crippen molar-refractivity contribution in [3.05, 3.63) is 29.8 Å². The molecule has 0 aromatic carbocycles. The molecule has 1 aliphatic heterocycles. The van der Waals surface area contributed by atoms with Gasteiger partial charge in [0.15, 0.2) is 0 Å². The summed E-state index contributed by atoms with van der Waals surface area (Å²) >= 11 is 0. The molecule has 2 aromatic rings. The standard InChI is InChI=1S/C15H19N5O/c1-10-6-13(19-18-10)15-8-16-7-14(17-15)12-4-3-5-20(9-12)11(2)21/h6-8,12H,3-5,9H2,1-2H3,(H,18,19)/t12-/m1/s1. The average Bonchev–Trinajstić information content (AvgIpc) is 2.94. The molecule has 110 valence electrons. The molecule has 6 nitrogen and oxygen atoms in total. The minimum Gasteiger partial charge on any atom is -0.342 e. The zero-order valence-corrected chi connectivity index (χ0v) is 12.3. The van der Waals surface area contributed by atoms with Crippen LogP contribution in [0.25, 0.3) is 11.4 Å². The lowest BCUT2D eigenvalue weighted by Gasteiger charge is -2.31. The molecule has 0 unspecified atom stereocenters. The van der Waals surface area contributed by atoms with E-state index in [1.165, 1.54) is 0 Å². The Balaban J connectivity index is 1.84. The molecule has 21 heavy (non-hydrogen) atoms. The highest BCUT2D eigenvalue weighted by Gasteiger charge is 2.24. The van der Waals surface area contributed by atoms with Gasteiger partial charge in [-0.15, -0.1) is 0 Å². The first kappa shape index (κ1) is 13.7. The number of rotatable bonds is 2. The summed E-state index contributed by atoms with van der Waals surface area (Å²) in [6, 6.07) is 1.95. The van der Waals surface area contributed by atoms with Gasteiger partial charge in [0.2, 0.25) is 5.91 Å². The smallest absolute Gasteiger partial charge is 0.219 e. The molecule has 3 rings (SSSR count). The second-order valence-electron chi connectivity index (χ2n) is 5.57. The summed E-state index contributed by atoms with van der Waals surface area (Å²) in [6.07, 6.45) is 5.58. The van der Waals surface area contributed by atoms with Crippen molar-refractivity contribution in [1.82, 2.24) is 25.1 Å². The minimum atomic E-state index is 0.131. The summed E-state index contributed by atoms with van der Waals surface area (Å²) in [5.74, 6) is 0.391. The summed E-state index contributed by atoms with van der Waals surface area (Å²) in [4.78, 5) is 22.4. The maximum Gasteiger partial charge on any atom is 0.219 e. The van der Waals surface area contributed by atoms with Crippen LogP contribution in [0.15, 0.2) is 18.5 Å². The van der Waals surface area contributed by atoms with Gasteiger partial charge in [0.1, 0.15) is 11.4 Å². The van der Waals surface area contributed by atoms with E-state index in [-0.39, 0.29) is 11.8 Å². The fourth-order valence-corrected chi connectivity index (χ4v) is 2.75. The van der Waals surface area contributed by atoms with Crippen LogP contribution in [0.5, 0.6) is 0 Å². The Morgan fingerprint density at radius 1 is 1.38 bits per heavy atom. The van der Waals surface area contributed by atoms with Crippen molar-refractivity contribution in [1.29, 1.82) is 0 Å². The molecule has 0 radical (unpaired) electrons. The van der Waals surface area contributed by atoms with Gasteiger partial charge in [0.05, 0.1) is 11.9 Å². The highest BCUT2D eigenvalue weighted by molar-refractivity contribution is 5.73. The van der Waals surface area contributed by atoms with Crippen LogP contribution in [0, 0.1) is 6.92 Å². The van der Waals surface area contributed by atoms with Crippen molar-refractivity contribution in [3.63, 3.8) is 0 Å². The lowest BCUT2D eigenvalue weighted by molar-refractivity contribution is -0.130. The van der Waals surface area contributed by atoms with Gasteiger partial charge in [-0.2, -0.15) is 5.10 Å². The first-order valence-electron chi connectivity index (χ1n) is 7.23. The monoisotopic (exact) mass is 285 g/mol. The third-order valence-electron chi connectivity index (χ3n) is 3.91. The molecule has 0 bridgehead atoms. The Morgan fingerprint density at radius 2 is 2.24 bits per heavy atom. The van der Waals surface area contributed by atoms with Gasteiger partial charge in [0, 0.05) is 37.8 Å². The van der Waals surface area contributed by atoms with Crippen molar-refractivity contribution in [2.75, 3.05) is 13.1 Å². The van der Waals surface area contributed by atoms with E-state index in [0.717, 1.165) is 48.7 Å². The van der Waals surface area contributed by atoms with E-state index in [4.69, 9.17) is 4.98 Å². The second-order valence-corrected chi connectivity index (χ2v) is 5.57. The predicted molar refractivity (Wildman–Crippen MR) is 78.6 cm³/mol. The van der Waals surface area contributed by atoms with Crippen LogP contribution in [0.4, 0.5) is 0 Å². The highest BCUT2D eigenvalue weighted by Crippen LogP contribution is 2.26. The molecule has 0 spiro atoms. The van der Waals surface area contributed by atoms with Crippen molar-refractivity contribution in [2.24, 2.45) is 0 Å². The van der Waals surface area contributed by atoms with Crippen LogP contribution in [-0.4, -0.2) is 44.1 Å². The second kappa shape index (κ2) is 5.63. The number of aryl methyl sites for hydroxylation is 1. The highest BCUT2D eigenvalue weighted by atomic mass is 16.2. The lowest BCUT2D eigenvalue weighted by Crippen LogP contribution is -2.37. The molecule has 0 aliphatic carbocycles. The molecule has 1 saturated heterocycles. The van der Waals surface area contributed by atoms with Crippen molar-refractivity contribution >= 4 is 5.91 Å². The first-order chi connectivity index (χ1) is 10.1. The topological polar surface area (TPSA) is 74.8 Å². The zero-order chi connectivity index (χ0) is 14.8. The predicted octanol–water partition coefficient (Wildman–Crippen LogP) is 1.90. The number of hydrogen-bond acceptors (Lipinski definition) is 4. The quantitative estimate of drug-likeness (QED) is 0.914. The number of piperidine rings is 1. The van der Waals surface area contributed by atoms with Gasteiger partial charge < -0.3 is 4.90 Å². The van der Waals surface area contributed by atoms with Crippen LogP contribution in [-0.2, 0) is 4.79 Å². The van der Waals surface area contributed by atoms with Gasteiger partial charge in [-0.1, -0.05) is 0 Å². The van der Waals surface area contributed by atoms with E-state index >= 15 is 0 Å². The molecule has 6 heteroatoms. The maximum atomic E-state index is 11.5. The Hall–Kier alpha value is -2.24. The van der Waals surface area contributed by atoms with Crippen molar-refractivity contribution in [3.8, 4) is 11.4 Å². The number of nitrogens with zero attached hydrogens (tertiary/aromatic N) is 4. The largest absolute Gasteiger partial charge is 0.342 e. The Kier molecular flexibility index (Phi) is 3.68. The van der Waals surface area contributed by atoms with E-state index in [2.05, 4.69) is 15.2 Å². The van der Waals surface area contributed by atoms with E-state index < -0.39 is 0 Å². The average molecular weight is 285 g/mol. The minimum absolute atomic E-state index is 0.131. The fourth-order valence-electron chi connectivity index (χ4n) is 2.75. The van der Waals surface area contributed by atoms with Crippen LogP contribution in [0.1, 0.15) is 37.1 Å². The number of likely N-dealkylation sites (tertiary alicyclic amines) is 1. The Morgan fingerprint density at radius 3 is 2.95 bits per heavy atom. The van der Waals surface area contributed by atoms with Gasteiger partial charge in [0.25, 0.3) is 0 Å². The van der Waals surface area contributed by atoms with Gasteiger partial charge in [-0.05, 0) is 25.8 Å². The number of aromatic nitrogens is 4. The number of carbonyl (C=O) groups is 1. The number of aromatic amines is 1. The van der Waals surface area contributed by atoms with Crippen LogP contribution >= 0.6 is 0 Å². The van der Waals surface area contributed by atoms with Gasteiger partial charge >= 0.3 is 0 Å². The number of amides is 1. The molecule has 1 aliphatic rings. The summed E-state index contributed by atoms with van der Waals surface area (Å²) in [5, 5.41) is 7.14. The fraction of sp³-hybridized carbons (Fsp3) is 0.467. The van der Waals surface area contributed by atoms with E-state index in [0.29, 0.717) is 0 Å². The molecule has 2 aromatic heterocycles. The Labute approximate surface area is 123 Å². The van der Waals surface area contributed by atoms with Crippen molar-refractivity contribution in [2.45, 2.75) is 32.6 Å². The zero-order valence-electron chi connectivity index (χ0n) is 12.3.